The number of aliphatic hydroxyl groups is 4. The van der Waals surface area contributed by atoms with Gasteiger partial charge in [-0.2, -0.15) is 0 Å². The fourth-order valence-corrected chi connectivity index (χ4v) is 0.416. The maximum Gasteiger partial charge on any atom is 0.151 e. The summed E-state index contributed by atoms with van der Waals surface area (Å²) >= 11 is 0. The molecule has 11 heavy (non-hydrogen) atoms. The Labute approximate surface area is 76.4 Å². The molecule has 0 aliphatic rings. The molecule has 0 amide bonds. The van der Waals surface area contributed by atoms with Gasteiger partial charge in [0.2, 0.25) is 0 Å². The van der Waals surface area contributed by atoms with E-state index in [4.69, 9.17) is 20.4 Å². The van der Waals surface area contributed by atoms with Crippen LogP contribution < -0.4 is 0 Å². The minimum Gasteiger partial charge on any atom is -0.394 e. The first kappa shape index (κ1) is 13.7. The maximum atomic E-state index is 9.76. The summed E-state index contributed by atoms with van der Waals surface area (Å²) < 4.78 is 0. The Hall–Kier alpha value is 0.133. The first-order chi connectivity index (χ1) is 4.63. The Morgan fingerprint density at radius 2 is 1.73 bits per heavy atom. The van der Waals surface area contributed by atoms with Crippen molar-refractivity contribution in [1.29, 1.82) is 0 Å². The van der Waals surface area contributed by atoms with Crippen LogP contribution in [0.1, 0.15) is 0 Å². The van der Waals surface area contributed by atoms with Crippen molar-refractivity contribution < 1.29 is 44.7 Å². The Bertz CT molecular complexity index is 109. The Morgan fingerprint density at radius 1 is 1.27 bits per heavy atom. The first-order valence-electron chi connectivity index (χ1n) is 2.73. The molecule has 0 aromatic heterocycles. The van der Waals surface area contributed by atoms with Crippen LogP contribution in [0.2, 0.25) is 0 Å². The molecule has 62 valence electrons. The molecule has 4 N–H and O–H groups in total. The van der Waals surface area contributed by atoms with Crippen LogP contribution in [0.25, 0.3) is 0 Å². The van der Waals surface area contributed by atoms with Crippen molar-refractivity contribution in [2.24, 2.45) is 0 Å². The number of rotatable bonds is 4. The van der Waals surface area contributed by atoms with Crippen LogP contribution in [0.15, 0.2) is 0 Å². The maximum absolute atomic E-state index is 9.76. The average Bonchev–Trinajstić information content (AvgIpc) is 2.00. The SMILES string of the molecule is O=C[C@H](O)[C@@H](O)[C@@H](O)CO.[Zn]. The zero-order valence-electron chi connectivity index (χ0n) is 5.92. The Morgan fingerprint density at radius 3 is 2.00 bits per heavy atom. The van der Waals surface area contributed by atoms with Crippen molar-refractivity contribution in [3.8, 4) is 0 Å². The molecule has 0 aromatic rings. The fourth-order valence-electron chi connectivity index (χ4n) is 0.416. The van der Waals surface area contributed by atoms with Crippen LogP contribution in [0, 0.1) is 0 Å². The van der Waals surface area contributed by atoms with Crippen LogP contribution in [-0.4, -0.2) is 51.6 Å². The molecular formula is C5H10O5Zn. The molecule has 0 spiro atoms. The van der Waals surface area contributed by atoms with Gasteiger partial charge in [0.05, 0.1) is 6.61 Å². The normalized spacial score (nSPS) is 17.8. The Balaban J connectivity index is 0. The van der Waals surface area contributed by atoms with Gasteiger partial charge in [0.15, 0.2) is 6.29 Å². The molecule has 0 heterocycles. The van der Waals surface area contributed by atoms with E-state index in [0.29, 0.717) is 0 Å². The van der Waals surface area contributed by atoms with Crippen molar-refractivity contribution in [2.45, 2.75) is 18.3 Å². The number of hydrogen-bond acceptors (Lipinski definition) is 5. The molecule has 0 aliphatic carbocycles. The quantitative estimate of drug-likeness (QED) is 0.301. The van der Waals surface area contributed by atoms with Gasteiger partial charge in [-0.15, -0.1) is 0 Å². The average molecular weight is 216 g/mol. The number of hydrogen-bond donors (Lipinski definition) is 4. The van der Waals surface area contributed by atoms with E-state index >= 15 is 0 Å². The number of carbonyl (C=O) groups excluding carboxylic acids is 1. The van der Waals surface area contributed by atoms with Crippen LogP contribution in [0.4, 0.5) is 0 Å². The summed E-state index contributed by atoms with van der Waals surface area (Å²) in [6, 6.07) is 0. The van der Waals surface area contributed by atoms with E-state index in [2.05, 4.69) is 0 Å². The molecule has 0 bridgehead atoms. The van der Waals surface area contributed by atoms with Gasteiger partial charge >= 0.3 is 0 Å². The molecule has 3 atom stereocenters. The van der Waals surface area contributed by atoms with E-state index in [9.17, 15) is 4.79 Å². The largest absolute Gasteiger partial charge is 0.394 e. The monoisotopic (exact) mass is 214 g/mol. The fraction of sp³-hybridized carbons (Fsp3) is 0.800. The molecule has 0 rings (SSSR count). The molecule has 0 radical (unpaired) electrons. The predicted octanol–water partition coefficient (Wildman–Crippen LogP) is -2.74. The van der Waals surface area contributed by atoms with Gasteiger partial charge in [0.1, 0.15) is 18.3 Å². The second kappa shape index (κ2) is 6.82. The molecule has 0 saturated heterocycles. The van der Waals surface area contributed by atoms with Crippen molar-refractivity contribution in [3.05, 3.63) is 0 Å². The van der Waals surface area contributed by atoms with E-state index in [0.717, 1.165) is 0 Å². The molecule has 5 nitrogen and oxygen atoms in total. The van der Waals surface area contributed by atoms with Crippen molar-refractivity contribution in [3.63, 3.8) is 0 Å². The molecule has 0 saturated carbocycles. The number of aldehydes is 1. The molecule has 0 fully saturated rings. The summed E-state index contributed by atoms with van der Waals surface area (Å²) in [5, 5.41) is 34.1. The zero-order valence-corrected chi connectivity index (χ0v) is 8.89. The minimum absolute atomic E-state index is 0. The van der Waals surface area contributed by atoms with Gasteiger partial charge in [-0.1, -0.05) is 0 Å². The van der Waals surface area contributed by atoms with Crippen molar-refractivity contribution in [2.75, 3.05) is 6.61 Å². The standard InChI is InChI=1S/C5H10O5.Zn/c6-1-3(8)5(10)4(9)2-7;/h1,3-5,7-10H,2H2;/t3-,4-,5+;/m0./s1. The summed E-state index contributed by atoms with van der Waals surface area (Å²) in [7, 11) is 0. The van der Waals surface area contributed by atoms with Gasteiger partial charge < -0.3 is 25.2 Å². The van der Waals surface area contributed by atoms with Gasteiger partial charge in [-0.25, -0.2) is 0 Å². The van der Waals surface area contributed by atoms with E-state index in [1.165, 1.54) is 0 Å². The van der Waals surface area contributed by atoms with Crippen molar-refractivity contribution in [1.82, 2.24) is 0 Å². The third-order valence-corrected chi connectivity index (χ3v) is 1.07. The number of aliphatic hydroxyl groups excluding tert-OH is 4. The van der Waals surface area contributed by atoms with E-state index in [1.807, 2.05) is 0 Å². The number of carbonyl (C=O) groups is 1. The van der Waals surface area contributed by atoms with E-state index < -0.39 is 24.9 Å². The second-order valence-electron chi connectivity index (χ2n) is 1.87. The molecule has 0 aliphatic heterocycles. The second-order valence-corrected chi connectivity index (χ2v) is 1.87. The molecule has 6 heteroatoms. The molecular weight excluding hydrogens is 205 g/mol. The topological polar surface area (TPSA) is 98.0 Å². The summed E-state index contributed by atoms with van der Waals surface area (Å²) in [6.07, 6.45) is -4.63. The summed E-state index contributed by atoms with van der Waals surface area (Å²) in [4.78, 5) is 9.76. The minimum atomic E-state index is -1.64. The van der Waals surface area contributed by atoms with Crippen LogP contribution in [0.3, 0.4) is 0 Å². The summed E-state index contributed by atoms with van der Waals surface area (Å²) in [6.45, 7) is -0.688. The van der Waals surface area contributed by atoms with Crippen LogP contribution in [-0.2, 0) is 24.3 Å². The van der Waals surface area contributed by atoms with Gasteiger partial charge in [-0.05, 0) is 0 Å². The third-order valence-electron chi connectivity index (χ3n) is 1.07. The van der Waals surface area contributed by atoms with Crippen LogP contribution in [0.5, 0.6) is 0 Å². The third kappa shape index (κ3) is 4.55. The Kier molecular flexibility index (Phi) is 8.50. The van der Waals surface area contributed by atoms with Gasteiger partial charge in [0.25, 0.3) is 0 Å². The molecule has 0 aromatic carbocycles. The smallest absolute Gasteiger partial charge is 0.151 e. The van der Waals surface area contributed by atoms with Gasteiger partial charge in [-0.3, -0.25) is 0 Å². The zero-order chi connectivity index (χ0) is 8.15. The van der Waals surface area contributed by atoms with Gasteiger partial charge in [0, 0.05) is 19.5 Å². The van der Waals surface area contributed by atoms with E-state index in [1.54, 1.807) is 0 Å². The van der Waals surface area contributed by atoms with Crippen LogP contribution >= 0.6 is 0 Å². The first-order valence-corrected chi connectivity index (χ1v) is 2.73. The summed E-state index contributed by atoms with van der Waals surface area (Å²) in [5.74, 6) is 0. The van der Waals surface area contributed by atoms with E-state index in [-0.39, 0.29) is 25.8 Å². The molecule has 0 unspecified atom stereocenters. The van der Waals surface area contributed by atoms with Crippen molar-refractivity contribution >= 4 is 6.29 Å². The predicted molar refractivity (Wildman–Crippen MR) is 31.2 cm³/mol. The summed E-state index contributed by atoms with van der Waals surface area (Å²) in [5.41, 5.74) is 0.